The fourth-order valence-electron chi connectivity index (χ4n) is 0.504. The molecule has 0 atom stereocenters. The highest BCUT2D eigenvalue weighted by atomic mass is 15.1. The van der Waals surface area contributed by atoms with Crippen molar-refractivity contribution in [2.45, 2.75) is 6.92 Å². The van der Waals surface area contributed by atoms with E-state index >= 15 is 0 Å². The lowest BCUT2D eigenvalue weighted by molar-refractivity contribution is 0.966. The lowest BCUT2D eigenvalue weighted by atomic mass is 10.7. The summed E-state index contributed by atoms with van der Waals surface area (Å²) in [5, 5.41) is 2.72. The minimum atomic E-state index is 0.0792. The fraction of sp³-hybridized carbons (Fsp3) is 0.286. The predicted octanol–water partition coefficient (Wildman–Crippen LogP) is -0.476. The first-order valence-electron chi connectivity index (χ1n) is 3.33. The van der Waals surface area contributed by atoms with Crippen LogP contribution < -0.4 is 16.8 Å². The van der Waals surface area contributed by atoms with Gasteiger partial charge < -0.3 is 16.8 Å². The van der Waals surface area contributed by atoms with E-state index in [1.165, 1.54) is 0 Å². The van der Waals surface area contributed by atoms with Gasteiger partial charge in [-0.1, -0.05) is 12.3 Å². The third kappa shape index (κ3) is 4.14. The Labute approximate surface area is 71.6 Å². The molecule has 0 fully saturated rings. The molecule has 0 radical (unpaired) electrons. The van der Waals surface area contributed by atoms with E-state index in [1.807, 2.05) is 0 Å². The van der Waals surface area contributed by atoms with Crippen molar-refractivity contribution in [3.63, 3.8) is 0 Å². The molecule has 5 heteroatoms. The van der Waals surface area contributed by atoms with E-state index in [-0.39, 0.29) is 5.96 Å². The molecule has 0 aromatic rings. The molecular weight excluding hydrogens is 154 g/mol. The van der Waals surface area contributed by atoms with Gasteiger partial charge in [0.15, 0.2) is 5.82 Å². The zero-order valence-electron chi connectivity index (χ0n) is 7.26. The maximum atomic E-state index is 5.38. The van der Waals surface area contributed by atoms with E-state index in [9.17, 15) is 0 Å². The molecule has 5 nitrogen and oxygen atoms in total. The summed E-state index contributed by atoms with van der Waals surface area (Å²) in [4.78, 5) is 7.52. The van der Waals surface area contributed by atoms with Gasteiger partial charge >= 0.3 is 0 Å². The molecule has 0 aromatic carbocycles. The summed E-state index contributed by atoms with van der Waals surface area (Å²) in [6.45, 7) is 5.02. The molecule has 0 aliphatic heterocycles. The van der Waals surface area contributed by atoms with Crippen molar-refractivity contribution in [2.75, 3.05) is 7.05 Å². The molecule has 0 amide bonds. The van der Waals surface area contributed by atoms with Gasteiger partial charge in [-0.3, -0.25) is 0 Å². The smallest absolute Gasteiger partial charge is 0.224 e. The number of hydrogen-bond donors (Lipinski definition) is 3. The number of nitrogens with one attached hydrogen (secondary N) is 1. The molecule has 0 spiro atoms. The first-order valence-corrected chi connectivity index (χ1v) is 3.33. The van der Waals surface area contributed by atoms with Gasteiger partial charge in [-0.25, -0.2) is 4.99 Å². The summed E-state index contributed by atoms with van der Waals surface area (Å²) in [6.07, 6.45) is 0. The third-order valence-electron chi connectivity index (χ3n) is 0.922. The molecule has 0 saturated heterocycles. The molecule has 0 saturated carbocycles. The number of guanidine groups is 1. The van der Waals surface area contributed by atoms with E-state index in [1.54, 1.807) is 14.0 Å². The number of hydrogen-bond acceptors (Lipinski definition) is 2. The van der Waals surface area contributed by atoms with E-state index in [2.05, 4.69) is 27.6 Å². The molecule has 0 rings (SSSR count). The topological polar surface area (TPSA) is 88.8 Å². The zero-order chi connectivity index (χ0) is 9.56. The molecule has 5 N–H and O–H groups in total. The van der Waals surface area contributed by atoms with Gasteiger partial charge in [0.05, 0.1) is 5.84 Å². The normalized spacial score (nSPS) is 12.2. The molecule has 0 heterocycles. The first kappa shape index (κ1) is 10.3. The minimum Gasteiger partial charge on any atom is -0.387 e. The van der Waals surface area contributed by atoms with Crippen molar-refractivity contribution >= 4 is 11.8 Å². The van der Waals surface area contributed by atoms with Gasteiger partial charge in [-0.15, -0.1) is 0 Å². The highest BCUT2D eigenvalue weighted by molar-refractivity contribution is 5.93. The Morgan fingerprint density at radius 3 is 2.33 bits per heavy atom. The number of amidine groups is 1. The molecule has 66 valence electrons. The average Bonchev–Trinajstić information content (AvgIpc) is 1.98. The van der Waals surface area contributed by atoms with Crippen molar-refractivity contribution in [3.8, 4) is 0 Å². The summed E-state index contributed by atoms with van der Waals surface area (Å²) in [6, 6.07) is 0. The molecule has 12 heavy (non-hydrogen) atoms. The van der Waals surface area contributed by atoms with Crippen molar-refractivity contribution in [1.82, 2.24) is 5.32 Å². The molecular formula is C7H13N5. The molecule has 0 aliphatic carbocycles. The summed E-state index contributed by atoms with van der Waals surface area (Å²) in [5.41, 5.74) is 13.2. The highest BCUT2D eigenvalue weighted by Crippen LogP contribution is 1.86. The van der Waals surface area contributed by atoms with E-state index in [0.29, 0.717) is 11.7 Å². The Kier molecular flexibility index (Phi) is 4.26. The van der Waals surface area contributed by atoms with Crippen molar-refractivity contribution in [1.29, 1.82) is 0 Å². The van der Waals surface area contributed by atoms with E-state index < -0.39 is 0 Å². The summed E-state index contributed by atoms with van der Waals surface area (Å²) in [5.74, 6) is 0.865. The second-order valence-corrected chi connectivity index (χ2v) is 2.00. The molecule has 0 aromatic heterocycles. The molecule has 0 unspecified atom stereocenters. The van der Waals surface area contributed by atoms with Crippen LogP contribution in [-0.2, 0) is 0 Å². The quantitative estimate of drug-likeness (QED) is 0.295. The van der Waals surface area contributed by atoms with Crippen LogP contribution in [0.3, 0.4) is 0 Å². The predicted molar refractivity (Wildman–Crippen MR) is 50.6 cm³/mol. The fourth-order valence-corrected chi connectivity index (χ4v) is 0.504. The van der Waals surface area contributed by atoms with Crippen LogP contribution in [0.4, 0.5) is 0 Å². The SMILES string of the molecule is C=C=C(/N=C(N)\N=C(/C)N)NC. The lowest BCUT2D eigenvalue weighted by Gasteiger charge is -1.96. The van der Waals surface area contributed by atoms with Gasteiger partial charge in [-0.05, 0) is 6.92 Å². The van der Waals surface area contributed by atoms with Crippen molar-refractivity contribution in [3.05, 3.63) is 18.1 Å². The van der Waals surface area contributed by atoms with Crippen LogP contribution in [0.2, 0.25) is 0 Å². The van der Waals surface area contributed by atoms with Crippen molar-refractivity contribution < 1.29 is 0 Å². The Morgan fingerprint density at radius 1 is 1.42 bits per heavy atom. The Balaban J connectivity index is 4.56. The maximum Gasteiger partial charge on any atom is 0.224 e. The first-order chi connectivity index (χ1) is 5.60. The van der Waals surface area contributed by atoms with Crippen LogP contribution >= 0.6 is 0 Å². The number of nitrogens with zero attached hydrogens (tertiary/aromatic N) is 2. The van der Waals surface area contributed by atoms with Crippen LogP contribution in [0.1, 0.15) is 6.92 Å². The van der Waals surface area contributed by atoms with E-state index in [0.717, 1.165) is 0 Å². The van der Waals surface area contributed by atoms with Gasteiger partial charge in [-0.2, -0.15) is 4.99 Å². The van der Waals surface area contributed by atoms with E-state index in [4.69, 9.17) is 11.5 Å². The summed E-state index contributed by atoms with van der Waals surface area (Å²) < 4.78 is 0. The van der Waals surface area contributed by atoms with Crippen LogP contribution in [0.15, 0.2) is 28.1 Å². The molecule has 0 aliphatic rings. The van der Waals surface area contributed by atoms with Crippen LogP contribution in [0, 0.1) is 0 Å². The standard InChI is InChI=1S/C7H13N5/c1-4-6(10-3)12-7(9)11-5(2)8/h10H,1H2,2-3H3,(H4,8,9,11,12). The van der Waals surface area contributed by atoms with Crippen LogP contribution in [0.25, 0.3) is 0 Å². The number of nitrogens with two attached hydrogens (primary N) is 2. The summed E-state index contributed by atoms with van der Waals surface area (Å²) >= 11 is 0. The van der Waals surface area contributed by atoms with Crippen molar-refractivity contribution in [2.24, 2.45) is 21.5 Å². The largest absolute Gasteiger partial charge is 0.387 e. The van der Waals surface area contributed by atoms with Crippen LogP contribution in [0.5, 0.6) is 0 Å². The lowest BCUT2D eigenvalue weighted by Crippen LogP contribution is -2.17. The number of aliphatic imine (C=N–C) groups is 2. The monoisotopic (exact) mass is 167 g/mol. The van der Waals surface area contributed by atoms with Gasteiger partial charge in [0.25, 0.3) is 0 Å². The van der Waals surface area contributed by atoms with Crippen LogP contribution in [-0.4, -0.2) is 18.8 Å². The van der Waals surface area contributed by atoms with Gasteiger partial charge in [0, 0.05) is 7.05 Å². The van der Waals surface area contributed by atoms with Gasteiger partial charge in [0.2, 0.25) is 5.96 Å². The second-order valence-electron chi connectivity index (χ2n) is 2.00. The zero-order valence-corrected chi connectivity index (χ0v) is 7.26. The second kappa shape index (κ2) is 4.98. The third-order valence-corrected chi connectivity index (χ3v) is 0.922. The minimum absolute atomic E-state index is 0.0792. The Hall–Kier alpha value is -1.74. The van der Waals surface area contributed by atoms with Gasteiger partial charge in [0.1, 0.15) is 0 Å². The average molecular weight is 167 g/mol. The Bertz CT molecular complexity index is 253. The number of rotatable bonds is 2. The maximum absolute atomic E-state index is 5.38. The summed E-state index contributed by atoms with van der Waals surface area (Å²) in [7, 11) is 1.68. The Morgan fingerprint density at radius 2 is 2.00 bits per heavy atom. The molecule has 0 bridgehead atoms. The highest BCUT2D eigenvalue weighted by Gasteiger charge is 1.90.